The number of rotatable bonds is 3. The zero-order chi connectivity index (χ0) is 25.1. The van der Waals surface area contributed by atoms with Crippen molar-refractivity contribution in [2.24, 2.45) is 0 Å². The van der Waals surface area contributed by atoms with Crippen LogP contribution in [0, 0.1) is 0 Å². The number of ether oxygens (including phenoxy) is 1. The molecule has 2 aliphatic rings. The van der Waals surface area contributed by atoms with Crippen LogP contribution >= 0.6 is 0 Å². The number of nitrogens with zero attached hydrogens (tertiary/aromatic N) is 1. The van der Waals surface area contributed by atoms with E-state index in [2.05, 4.69) is 114 Å². The highest BCUT2D eigenvalue weighted by atomic mass is 16.5. The molecule has 6 aromatic rings. The molecule has 2 aliphatic heterocycles. The van der Waals surface area contributed by atoms with E-state index in [1.165, 1.54) is 5.46 Å². The number of fused-ring (bicyclic) bond motifs is 4. The van der Waals surface area contributed by atoms with Gasteiger partial charge in [0.25, 0.3) is 0 Å². The summed E-state index contributed by atoms with van der Waals surface area (Å²) in [5.41, 5.74) is 9.67. The Morgan fingerprint density at radius 1 is 0.553 bits per heavy atom. The number of anilines is 3. The molecule has 0 spiro atoms. The fraction of sp³-hybridized carbons (Fsp3) is 0. The van der Waals surface area contributed by atoms with Crippen LogP contribution < -0.4 is 26.2 Å². The molecule has 0 radical (unpaired) electrons. The zero-order valence-corrected chi connectivity index (χ0v) is 20.5. The molecule has 3 nitrogen and oxygen atoms in total. The molecule has 0 N–H and O–H groups in total. The predicted molar refractivity (Wildman–Crippen MR) is 155 cm³/mol. The Morgan fingerprint density at radius 2 is 1.18 bits per heavy atom. The second-order valence-corrected chi connectivity index (χ2v) is 9.69. The summed E-state index contributed by atoms with van der Waals surface area (Å²) in [7, 11) is 0. The summed E-state index contributed by atoms with van der Waals surface area (Å²) < 4.78 is 13.7. The minimum Gasteiger partial charge on any atom is -0.466 e. The highest BCUT2D eigenvalue weighted by Crippen LogP contribution is 2.46. The second-order valence-electron chi connectivity index (χ2n) is 9.69. The predicted octanol–water partition coefficient (Wildman–Crippen LogP) is 7.02. The van der Waals surface area contributed by atoms with Crippen molar-refractivity contribution in [3.05, 3.63) is 133 Å². The lowest BCUT2D eigenvalue weighted by molar-refractivity contribution is 0.479. The van der Waals surface area contributed by atoms with E-state index in [-0.39, 0.29) is 6.71 Å². The lowest BCUT2D eigenvalue weighted by Gasteiger charge is -2.38. The highest BCUT2D eigenvalue weighted by Gasteiger charge is 2.45. The lowest BCUT2D eigenvalue weighted by atomic mass is 9.36. The molecular weight excluding hydrogens is 465 g/mol. The van der Waals surface area contributed by atoms with Gasteiger partial charge in [-0.25, -0.2) is 0 Å². The van der Waals surface area contributed by atoms with Crippen molar-refractivity contribution in [3.8, 4) is 33.9 Å². The van der Waals surface area contributed by atoms with Gasteiger partial charge in [0.15, 0.2) is 5.75 Å². The molecule has 0 saturated heterocycles. The Bertz CT molecular complexity index is 1800. The third-order valence-electron chi connectivity index (χ3n) is 7.54. The Balaban J connectivity index is 1.43. The molecule has 0 fully saturated rings. The van der Waals surface area contributed by atoms with Gasteiger partial charge in [0.2, 0.25) is 0 Å². The smallest absolute Gasteiger partial charge is 0.301 e. The van der Waals surface area contributed by atoms with Crippen molar-refractivity contribution in [3.63, 3.8) is 0 Å². The largest absolute Gasteiger partial charge is 0.466 e. The van der Waals surface area contributed by atoms with Crippen LogP contribution in [-0.4, -0.2) is 6.71 Å². The highest BCUT2D eigenvalue weighted by molar-refractivity contribution is 6.98. The first-order valence-corrected chi connectivity index (χ1v) is 12.9. The summed E-state index contributed by atoms with van der Waals surface area (Å²) in [6.45, 7) is -0.0824. The van der Waals surface area contributed by atoms with Gasteiger partial charge in [-0.1, -0.05) is 103 Å². The Hall–Kier alpha value is -4.96. The van der Waals surface area contributed by atoms with E-state index in [0.29, 0.717) is 0 Å². The monoisotopic (exact) mass is 487 g/mol. The van der Waals surface area contributed by atoms with Crippen LogP contribution in [-0.2, 0) is 0 Å². The van der Waals surface area contributed by atoms with E-state index in [4.69, 9.17) is 9.15 Å². The summed E-state index contributed by atoms with van der Waals surface area (Å²) in [5, 5.41) is 0. The maximum atomic E-state index is 6.88. The van der Waals surface area contributed by atoms with Crippen LogP contribution in [0.5, 0.6) is 11.5 Å². The summed E-state index contributed by atoms with van der Waals surface area (Å²) in [6.07, 6.45) is 0. The van der Waals surface area contributed by atoms with Crippen molar-refractivity contribution in [2.45, 2.75) is 0 Å². The number of para-hydroxylation sites is 2. The van der Waals surface area contributed by atoms with E-state index in [1.807, 2.05) is 24.3 Å². The van der Waals surface area contributed by atoms with Gasteiger partial charge in [0.05, 0.1) is 5.56 Å². The third kappa shape index (κ3) is 3.04. The number of benzene rings is 5. The fourth-order valence-electron chi connectivity index (χ4n) is 5.95. The molecule has 8 rings (SSSR count). The van der Waals surface area contributed by atoms with Gasteiger partial charge in [-0.05, 0) is 41.4 Å². The number of furan rings is 1. The van der Waals surface area contributed by atoms with Crippen LogP contribution in [0.2, 0.25) is 0 Å². The van der Waals surface area contributed by atoms with Crippen LogP contribution in [0.25, 0.3) is 22.5 Å². The molecule has 0 unspecified atom stereocenters. The van der Waals surface area contributed by atoms with Gasteiger partial charge < -0.3 is 14.1 Å². The molecule has 0 amide bonds. The van der Waals surface area contributed by atoms with E-state index in [0.717, 1.165) is 62.1 Å². The summed E-state index contributed by atoms with van der Waals surface area (Å²) in [5.74, 6) is 2.50. The van der Waals surface area contributed by atoms with Gasteiger partial charge in [-0.2, -0.15) is 0 Å². The molecule has 38 heavy (non-hydrogen) atoms. The molecule has 0 saturated carbocycles. The van der Waals surface area contributed by atoms with Gasteiger partial charge in [0.1, 0.15) is 17.2 Å². The first kappa shape index (κ1) is 21.2. The van der Waals surface area contributed by atoms with Gasteiger partial charge in [0, 0.05) is 28.1 Å². The Labute approximate surface area is 221 Å². The second kappa shape index (κ2) is 8.29. The van der Waals surface area contributed by atoms with Crippen molar-refractivity contribution < 1.29 is 9.15 Å². The van der Waals surface area contributed by atoms with Crippen molar-refractivity contribution in [1.82, 2.24) is 0 Å². The average Bonchev–Trinajstić information content (AvgIpc) is 3.38. The SMILES string of the molecule is c1ccc(-c2oc3c(c2-c2ccccc2)Oc2cccc4c2B3c2ccccc2N4c2ccccc2)cc1. The summed E-state index contributed by atoms with van der Waals surface area (Å²) >= 11 is 0. The van der Waals surface area contributed by atoms with Crippen LogP contribution in [0.15, 0.2) is 138 Å². The molecule has 1 aromatic heterocycles. The first-order valence-electron chi connectivity index (χ1n) is 12.9. The van der Waals surface area contributed by atoms with Gasteiger partial charge in [-0.15, -0.1) is 0 Å². The van der Waals surface area contributed by atoms with E-state index < -0.39 is 0 Å². The Kier molecular flexibility index (Phi) is 4.62. The van der Waals surface area contributed by atoms with Crippen molar-refractivity contribution in [2.75, 3.05) is 4.90 Å². The zero-order valence-electron chi connectivity index (χ0n) is 20.5. The lowest BCUT2D eigenvalue weighted by Crippen LogP contribution is -2.59. The number of hydrogen-bond donors (Lipinski definition) is 0. The summed E-state index contributed by atoms with van der Waals surface area (Å²) in [4.78, 5) is 2.33. The molecule has 178 valence electrons. The van der Waals surface area contributed by atoms with Crippen LogP contribution in [0.1, 0.15) is 0 Å². The van der Waals surface area contributed by atoms with Crippen LogP contribution in [0.4, 0.5) is 17.1 Å². The molecular formula is C34H22BNO2. The van der Waals surface area contributed by atoms with E-state index in [9.17, 15) is 0 Å². The van der Waals surface area contributed by atoms with E-state index >= 15 is 0 Å². The van der Waals surface area contributed by atoms with Crippen LogP contribution in [0.3, 0.4) is 0 Å². The van der Waals surface area contributed by atoms with Gasteiger partial charge in [-0.3, -0.25) is 0 Å². The molecule has 0 aliphatic carbocycles. The fourth-order valence-corrected chi connectivity index (χ4v) is 5.95. The average molecular weight is 487 g/mol. The standard InChI is InChI=1S/C34H22BNO2/c1-4-13-23(14-5-1)30-32(24-15-6-2-7-16-24)38-34-33(30)37-29-22-12-21-28-31(29)35(34)26-19-10-11-20-27(26)36(28)25-17-8-3-9-18-25/h1-22H. The topological polar surface area (TPSA) is 25.6 Å². The molecule has 4 heteroatoms. The number of hydrogen-bond acceptors (Lipinski definition) is 3. The quantitative estimate of drug-likeness (QED) is 0.251. The molecule has 0 atom stereocenters. The van der Waals surface area contributed by atoms with Crippen molar-refractivity contribution in [1.29, 1.82) is 0 Å². The maximum Gasteiger partial charge on any atom is 0.301 e. The molecule has 3 heterocycles. The van der Waals surface area contributed by atoms with Gasteiger partial charge >= 0.3 is 6.71 Å². The first-order chi connectivity index (χ1) is 18.9. The minimum absolute atomic E-state index is 0.0824. The Morgan fingerprint density at radius 3 is 1.95 bits per heavy atom. The minimum atomic E-state index is -0.0824. The normalized spacial score (nSPS) is 12.8. The molecule has 5 aromatic carbocycles. The maximum absolute atomic E-state index is 6.88. The molecule has 0 bridgehead atoms. The van der Waals surface area contributed by atoms with E-state index in [1.54, 1.807) is 0 Å². The third-order valence-corrected chi connectivity index (χ3v) is 7.54. The van der Waals surface area contributed by atoms with Crippen molar-refractivity contribution >= 4 is 40.4 Å². The summed E-state index contributed by atoms with van der Waals surface area (Å²) in [6, 6.07) is 46.2.